The third-order valence-electron chi connectivity index (χ3n) is 5.26. The molecule has 150 valence electrons. The Bertz CT molecular complexity index is 631. The van der Waals surface area contributed by atoms with Crippen LogP contribution in [-0.4, -0.2) is 82.1 Å². The van der Waals surface area contributed by atoms with Gasteiger partial charge in [0.2, 0.25) is 0 Å². The summed E-state index contributed by atoms with van der Waals surface area (Å²) in [5, 5.41) is 0. The Balaban J connectivity index is 1.69. The van der Waals surface area contributed by atoms with Gasteiger partial charge in [0.25, 0.3) is 0 Å². The van der Waals surface area contributed by atoms with Crippen LogP contribution in [0.1, 0.15) is 23.2 Å². The third kappa shape index (κ3) is 5.77. The molecule has 1 aliphatic heterocycles. The predicted octanol–water partition coefficient (Wildman–Crippen LogP) is 2.59. The van der Waals surface area contributed by atoms with Gasteiger partial charge in [-0.3, -0.25) is 4.90 Å². The Hall–Kier alpha value is -1.44. The number of nitrogens with zero attached hydrogens (tertiary/aromatic N) is 3. The standard InChI is InChI=1S/C20H31N3O3S/c1-21-8-10-22(11-9-21)12-13-23(27-3)18-7-6-17(20(24)25-2)14-19(18)26-15-16-4-5-16/h6-7,14,16H,4-5,8-13,15H2,1-3H3. The molecular formula is C20H31N3O3S. The van der Waals surface area contributed by atoms with Crippen LogP contribution in [0.4, 0.5) is 5.69 Å². The first-order chi connectivity index (χ1) is 13.1. The first-order valence-electron chi connectivity index (χ1n) is 9.68. The number of anilines is 1. The molecule has 27 heavy (non-hydrogen) atoms. The van der Waals surface area contributed by atoms with Crippen molar-refractivity contribution in [1.29, 1.82) is 0 Å². The van der Waals surface area contributed by atoms with Gasteiger partial charge in [-0.15, -0.1) is 0 Å². The first kappa shape index (κ1) is 20.3. The zero-order chi connectivity index (χ0) is 19.2. The Labute approximate surface area is 166 Å². The minimum absolute atomic E-state index is 0.328. The molecule has 7 heteroatoms. The summed E-state index contributed by atoms with van der Waals surface area (Å²) in [7, 11) is 3.59. The molecule has 0 bridgehead atoms. The van der Waals surface area contributed by atoms with Crippen LogP contribution in [0.15, 0.2) is 18.2 Å². The predicted molar refractivity (Wildman–Crippen MR) is 111 cm³/mol. The molecule has 1 heterocycles. The van der Waals surface area contributed by atoms with Gasteiger partial charge < -0.3 is 18.7 Å². The van der Waals surface area contributed by atoms with Gasteiger partial charge in [-0.05, 0) is 44.0 Å². The van der Waals surface area contributed by atoms with E-state index < -0.39 is 0 Å². The second-order valence-corrected chi connectivity index (χ2v) is 8.16. The highest BCUT2D eigenvalue weighted by Crippen LogP contribution is 2.36. The number of benzene rings is 1. The van der Waals surface area contributed by atoms with Gasteiger partial charge in [0.05, 0.1) is 25.0 Å². The van der Waals surface area contributed by atoms with Gasteiger partial charge in [0.1, 0.15) is 5.75 Å². The van der Waals surface area contributed by atoms with E-state index in [1.54, 1.807) is 11.9 Å². The van der Waals surface area contributed by atoms with E-state index >= 15 is 0 Å². The van der Waals surface area contributed by atoms with E-state index in [1.807, 2.05) is 18.2 Å². The summed E-state index contributed by atoms with van der Waals surface area (Å²) in [5.41, 5.74) is 1.57. The normalized spacial score (nSPS) is 18.3. The average molecular weight is 394 g/mol. The van der Waals surface area contributed by atoms with Crippen LogP contribution in [0.3, 0.4) is 0 Å². The number of likely N-dealkylation sites (N-methyl/N-ethyl adjacent to an activating group) is 1. The van der Waals surface area contributed by atoms with E-state index in [-0.39, 0.29) is 5.97 Å². The van der Waals surface area contributed by atoms with Crippen LogP contribution in [0.2, 0.25) is 0 Å². The highest BCUT2D eigenvalue weighted by atomic mass is 32.2. The lowest BCUT2D eigenvalue weighted by Gasteiger charge is -2.34. The Morgan fingerprint density at radius 1 is 1.26 bits per heavy atom. The minimum atomic E-state index is -0.328. The molecule has 0 spiro atoms. The number of carbonyl (C=O) groups excluding carboxylic acids is 1. The number of methoxy groups -OCH3 is 1. The van der Waals surface area contributed by atoms with Crippen LogP contribution in [0.25, 0.3) is 0 Å². The summed E-state index contributed by atoms with van der Waals surface area (Å²) in [4.78, 5) is 16.8. The molecule has 3 rings (SSSR count). The van der Waals surface area contributed by atoms with E-state index in [2.05, 4.69) is 27.4 Å². The van der Waals surface area contributed by atoms with Crippen LogP contribution in [0, 0.1) is 5.92 Å². The molecule has 0 atom stereocenters. The highest BCUT2D eigenvalue weighted by Gasteiger charge is 2.24. The van der Waals surface area contributed by atoms with Gasteiger partial charge >= 0.3 is 5.97 Å². The van der Waals surface area contributed by atoms with Gasteiger partial charge in [-0.25, -0.2) is 4.79 Å². The largest absolute Gasteiger partial charge is 0.491 e. The van der Waals surface area contributed by atoms with E-state index in [1.165, 1.54) is 20.0 Å². The van der Waals surface area contributed by atoms with Crippen molar-refractivity contribution in [3.8, 4) is 5.75 Å². The van der Waals surface area contributed by atoms with Crippen molar-refractivity contribution in [2.24, 2.45) is 5.92 Å². The fraction of sp³-hybridized carbons (Fsp3) is 0.650. The smallest absolute Gasteiger partial charge is 0.337 e. The Kier molecular flexibility index (Phi) is 7.26. The van der Waals surface area contributed by atoms with Crippen LogP contribution < -0.4 is 9.04 Å². The maximum Gasteiger partial charge on any atom is 0.337 e. The minimum Gasteiger partial charge on any atom is -0.491 e. The number of hydrogen-bond acceptors (Lipinski definition) is 7. The topological polar surface area (TPSA) is 45.2 Å². The molecule has 1 aromatic carbocycles. The number of ether oxygens (including phenoxy) is 2. The maximum atomic E-state index is 11.9. The second kappa shape index (κ2) is 9.66. The molecule has 1 aromatic rings. The number of esters is 1. The van der Waals surface area contributed by atoms with Gasteiger partial charge in [-0.2, -0.15) is 0 Å². The molecular weight excluding hydrogens is 362 g/mol. The second-order valence-electron chi connectivity index (χ2n) is 7.36. The van der Waals surface area contributed by atoms with Crippen molar-refractivity contribution >= 4 is 23.6 Å². The summed E-state index contributed by atoms with van der Waals surface area (Å²) in [6.07, 6.45) is 4.56. The third-order valence-corrected chi connectivity index (χ3v) is 6.08. The molecule has 2 aliphatic rings. The Morgan fingerprint density at radius 3 is 2.63 bits per heavy atom. The summed E-state index contributed by atoms with van der Waals surface area (Å²) < 4.78 is 13.2. The van der Waals surface area contributed by atoms with E-state index in [0.717, 1.165) is 57.3 Å². The van der Waals surface area contributed by atoms with Crippen molar-refractivity contribution < 1.29 is 14.3 Å². The lowest BCUT2D eigenvalue weighted by molar-refractivity contribution is 0.0600. The van der Waals surface area contributed by atoms with Gasteiger partial charge in [0.15, 0.2) is 0 Å². The maximum absolute atomic E-state index is 11.9. The summed E-state index contributed by atoms with van der Waals surface area (Å²) in [5.74, 6) is 1.11. The van der Waals surface area contributed by atoms with Crippen molar-refractivity contribution in [1.82, 2.24) is 9.80 Å². The Morgan fingerprint density at radius 2 is 2.00 bits per heavy atom. The zero-order valence-corrected chi connectivity index (χ0v) is 17.5. The van der Waals surface area contributed by atoms with Crippen LogP contribution in [0.5, 0.6) is 5.75 Å². The summed E-state index contributed by atoms with van der Waals surface area (Å²) in [6.45, 7) is 7.15. The van der Waals surface area contributed by atoms with Crippen LogP contribution >= 0.6 is 11.9 Å². The molecule has 1 aliphatic carbocycles. The summed E-state index contributed by atoms with van der Waals surface area (Å²) >= 11 is 1.70. The van der Waals surface area contributed by atoms with Crippen molar-refractivity contribution in [2.75, 3.05) is 70.6 Å². The van der Waals surface area contributed by atoms with Crippen molar-refractivity contribution in [3.63, 3.8) is 0 Å². The van der Waals surface area contributed by atoms with Crippen molar-refractivity contribution in [3.05, 3.63) is 23.8 Å². The molecule has 0 aromatic heterocycles. The van der Waals surface area contributed by atoms with Crippen LogP contribution in [-0.2, 0) is 4.74 Å². The van der Waals surface area contributed by atoms with Gasteiger partial charge in [0, 0.05) is 45.5 Å². The molecule has 0 amide bonds. The molecule has 1 saturated carbocycles. The van der Waals surface area contributed by atoms with E-state index in [9.17, 15) is 4.79 Å². The molecule has 0 unspecified atom stereocenters. The monoisotopic (exact) mass is 393 g/mol. The van der Waals surface area contributed by atoms with Crippen molar-refractivity contribution in [2.45, 2.75) is 12.8 Å². The highest BCUT2D eigenvalue weighted by molar-refractivity contribution is 7.99. The lowest BCUT2D eigenvalue weighted by atomic mass is 10.2. The van der Waals surface area contributed by atoms with E-state index in [4.69, 9.17) is 9.47 Å². The molecule has 1 saturated heterocycles. The van der Waals surface area contributed by atoms with E-state index in [0.29, 0.717) is 11.5 Å². The van der Waals surface area contributed by atoms with Gasteiger partial charge in [-0.1, -0.05) is 11.9 Å². The number of rotatable bonds is 9. The number of piperazine rings is 1. The first-order valence-corrected chi connectivity index (χ1v) is 10.9. The molecule has 2 fully saturated rings. The quantitative estimate of drug-likeness (QED) is 0.472. The number of hydrogen-bond donors (Lipinski definition) is 0. The lowest BCUT2D eigenvalue weighted by Crippen LogP contribution is -2.46. The number of carbonyl (C=O) groups is 1. The summed E-state index contributed by atoms with van der Waals surface area (Å²) in [6, 6.07) is 5.63. The molecule has 6 nitrogen and oxygen atoms in total. The molecule has 0 radical (unpaired) electrons. The fourth-order valence-electron chi connectivity index (χ4n) is 3.19. The fourth-order valence-corrected chi connectivity index (χ4v) is 3.80. The SMILES string of the molecule is COC(=O)c1ccc(N(CCN2CCN(C)CC2)SC)c(OCC2CC2)c1. The average Bonchev–Trinajstić information content (AvgIpc) is 3.52. The zero-order valence-electron chi connectivity index (χ0n) is 16.6. The molecule has 0 N–H and O–H groups in total.